The molecular weight excluding hydrogens is 392 g/mol. The molecule has 0 bridgehead atoms. The summed E-state index contributed by atoms with van der Waals surface area (Å²) in [6.45, 7) is 3.73. The lowest BCUT2D eigenvalue weighted by Gasteiger charge is -2.20. The van der Waals surface area contributed by atoms with Gasteiger partial charge in [0.2, 0.25) is 15.9 Å². The van der Waals surface area contributed by atoms with Crippen LogP contribution in [0.25, 0.3) is 0 Å². The van der Waals surface area contributed by atoms with Crippen LogP contribution in [0.3, 0.4) is 0 Å². The second kappa shape index (κ2) is 10.6. The normalized spacial score (nSPS) is 11.1. The predicted molar refractivity (Wildman–Crippen MR) is 112 cm³/mol. The molecule has 0 spiro atoms. The first-order valence-corrected chi connectivity index (χ1v) is 10.5. The second-order valence-electron chi connectivity index (χ2n) is 6.21. The van der Waals surface area contributed by atoms with Gasteiger partial charge in [0.25, 0.3) is 0 Å². The van der Waals surface area contributed by atoms with Gasteiger partial charge >= 0.3 is 0 Å². The molecule has 7 nitrogen and oxygen atoms in total. The minimum absolute atomic E-state index is 0.0280. The van der Waals surface area contributed by atoms with Gasteiger partial charge in [0.1, 0.15) is 11.5 Å². The van der Waals surface area contributed by atoms with Crippen LogP contribution in [0.1, 0.15) is 5.56 Å². The maximum absolute atomic E-state index is 12.9. The van der Waals surface area contributed by atoms with Gasteiger partial charge in [-0.1, -0.05) is 18.2 Å². The van der Waals surface area contributed by atoms with Gasteiger partial charge in [-0.15, -0.1) is 6.58 Å². The van der Waals surface area contributed by atoms with Crippen molar-refractivity contribution in [3.63, 3.8) is 0 Å². The zero-order valence-corrected chi connectivity index (χ0v) is 17.4. The van der Waals surface area contributed by atoms with E-state index in [4.69, 9.17) is 9.47 Å². The number of methoxy groups -OCH3 is 2. The molecule has 1 N–H and O–H groups in total. The summed E-state index contributed by atoms with van der Waals surface area (Å²) < 4.78 is 37.0. The molecule has 8 heteroatoms. The third kappa shape index (κ3) is 6.33. The molecule has 0 radical (unpaired) electrons. The summed E-state index contributed by atoms with van der Waals surface area (Å²) in [4.78, 5) is 12.4. The van der Waals surface area contributed by atoms with Gasteiger partial charge in [-0.25, -0.2) is 8.42 Å². The Kier molecular flexibility index (Phi) is 8.23. The average Bonchev–Trinajstić information content (AvgIpc) is 2.74. The molecule has 0 aliphatic rings. The SMILES string of the molecule is C=CCN(CC(=O)NCCc1ccc(OC)cc1)S(=O)(=O)c1ccc(OC)cc1. The molecule has 0 heterocycles. The first kappa shape index (κ1) is 22.4. The van der Waals surface area contributed by atoms with E-state index < -0.39 is 10.0 Å². The monoisotopic (exact) mass is 418 g/mol. The summed E-state index contributed by atoms with van der Waals surface area (Å²) in [5.41, 5.74) is 1.04. The smallest absolute Gasteiger partial charge is 0.243 e. The standard InChI is InChI=1S/C21H26N2O5S/c1-4-15-23(29(25,26)20-11-9-19(28-3)10-12-20)16-21(24)22-14-13-17-5-7-18(27-2)8-6-17/h4-12H,1,13-16H2,2-3H3,(H,22,24). The van der Waals surface area contributed by atoms with Crippen molar-refractivity contribution in [3.8, 4) is 11.5 Å². The van der Waals surface area contributed by atoms with Gasteiger partial charge in [0, 0.05) is 13.1 Å². The maximum Gasteiger partial charge on any atom is 0.243 e. The fourth-order valence-corrected chi connectivity index (χ4v) is 4.01. The molecule has 0 aliphatic heterocycles. The molecule has 2 aromatic carbocycles. The molecule has 2 rings (SSSR count). The van der Waals surface area contributed by atoms with Gasteiger partial charge in [0.05, 0.1) is 25.7 Å². The predicted octanol–water partition coefficient (Wildman–Crippen LogP) is 2.24. The van der Waals surface area contributed by atoms with E-state index in [9.17, 15) is 13.2 Å². The van der Waals surface area contributed by atoms with Crippen molar-refractivity contribution in [2.24, 2.45) is 0 Å². The highest BCUT2D eigenvalue weighted by molar-refractivity contribution is 7.89. The van der Waals surface area contributed by atoms with Crippen molar-refractivity contribution >= 4 is 15.9 Å². The van der Waals surface area contributed by atoms with Gasteiger partial charge < -0.3 is 14.8 Å². The van der Waals surface area contributed by atoms with Crippen LogP contribution in [0.15, 0.2) is 66.1 Å². The third-order valence-corrected chi connectivity index (χ3v) is 6.07. The van der Waals surface area contributed by atoms with E-state index in [1.54, 1.807) is 19.2 Å². The van der Waals surface area contributed by atoms with Gasteiger partial charge in [-0.3, -0.25) is 4.79 Å². The third-order valence-electron chi connectivity index (χ3n) is 4.24. The lowest BCUT2D eigenvalue weighted by atomic mass is 10.1. The molecule has 0 atom stereocenters. The second-order valence-corrected chi connectivity index (χ2v) is 8.15. The summed E-state index contributed by atoms with van der Waals surface area (Å²) >= 11 is 0. The highest BCUT2D eigenvalue weighted by Crippen LogP contribution is 2.19. The van der Waals surface area contributed by atoms with E-state index in [1.807, 2.05) is 24.3 Å². The number of amides is 1. The summed E-state index contributed by atoms with van der Waals surface area (Å²) in [5.74, 6) is 0.939. The Morgan fingerprint density at radius 1 is 1.03 bits per heavy atom. The molecule has 0 saturated carbocycles. The van der Waals surface area contributed by atoms with E-state index in [0.717, 1.165) is 15.6 Å². The Morgan fingerprint density at radius 3 is 2.10 bits per heavy atom. The van der Waals surface area contributed by atoms with Gasteiger partial charge in [0.15, 0.2) is 0 Å². The summed E-state index contributed by atoms with van der Waals surface area (Å²) in [6, 6.07) is 13.6. The number of benzene rings is 2. The molecule has 0 aromatic heterocycles. The Balaban J connectivity index is 1.96. The number of hydrogen-bond acceptors (Lipinski definition) is 5. The zero-order chi connectivity index (χ0) is 21.3. The molecule has 0 saturated heterocycles. The van der Waals surface area contributed by atoms with Crippen molar-refractivity contribution in [1.29, 1.82) is 0 Å². The Morgan fingerprint density at radius 2 is 1.59 bits per heavy atom. The van der Waals surface area contributed by atoms with E-state index in [0.29, 0.717) is 18.7 Å². The van der Waals surface area contributed by atoms with Crippen molar-refractivity contribution in [1.82, 2.24) is 9.62 Å². The van der Waals surface area contributed by atoms with Crippen LogP contribution < -0.4 is 14.8 Å². The van der Waals surface area contributed by atoms with Crippen molar-refractivity contribution in [2.75, 3.05) is 33.9 Å². The summed E-state index contributed by atoms with van der Waals surface area (Å²) in [7, 11) is -0.731. The molecule has 0 unspecified atom stereocenters. The molecule has 2 aromatic rings. The van der Waals surface area contributed by atoms with E-state index in [1.165, 1.54) is 25.3 Å². The quantitative estimate of drug-likeness (QED) is 0.566. The summed E-state index contributed by atoms with van der Waals surface area (Å²) in [5, 5.41) is 2.76. The summed E-state index contributed by atoms with van der Waals surface area (Å²) in [6.07, 6.45) is 2.08. The number of sulfonamides is 1. The number of nitrogens with one attached hydrogen (secondary N) is 1. The highest BCUT2D eigenvalue weighted by atomic mass is 32.2. The molecular formula is C21H26N2O5S. The largest absolute Gasteiger partial charge is 0.497 e. The van der Waals surface area contributed by atoms with E-state index >= 15 is 0 Å². The topological polar surface area (TPSA) is 84.9 Å². The number of nitrogens with zero attached hydrogens (tertiary/aromatic N) is 1. The Bertz CT molecular complexity index is 909. The van der Waals surface area contributed by atoms with Crippen LogP contribution in [0, 0.1) is 0 Å². The van der Waals surface area contributed by atoms with Crippen LogP contribution in [0.2, 0.25) is 0 Å². The Hall–Kier alpha value is -2.84. The molecule has 0 aliphatic carbocycles. The van der Waals surface area contributed by atoms with Crippen molar-refractivity contribution in [2.45, 2.75) is 11.3 Å². The van der Waals surface area contributed by atoms with Crippen molar-refractivity contribution in [3.05, 3.63) is 66.7 Å². The first-order valence-electron chi connectivity index (χ1n) is 9.05. The Labute approximate surface area is 172 Å². The number of ether oxygens (including phenoxy) is 2. The number of hydrogen-bond donors (Lipinski definition) is 1. The highest BCUT2D eigenvalue weighted by Gasteiger charge is 2.25. The molecule has 156 valence electrons. The van der Waals surface area contributed by atoms with Crippen molar-refractivity contribution < 1.29 is 22.7 Å². The molecule has 29 heavy (non-hydrogen) atoms. The number of carbonyl (C=O) groups excluding carboxylic acids is 1. The lowest BCUT2D eigenvalue weighted by molar-refractivity contribution is -0.121. The van der Waals surface area contributed by atoms with E-state index in [-0.39, 0.29) is 23.9 Å². The fraction of sp³-hybridized carbons (Fsp3) is 0.286. The van der Waals surface area contributed by atoms with Crippen LogP contribution in [-0.2, 0) is 21.2 Å². The number of carbonyl (C=O) groups is 1. The van der Waals surface area contributed by atoms with Crippen LogP contribution in [0.5, 0.6) is 11.5 Å². The fourth-order valence-electron chi connectivity index (χ4n) is 2.64. The van der Waals surface area contributed by atoms with Crippen LogP contribution >= 0.6 is 0 Å². The minimum Gasteiger partial charge on any atom is -0.497 e. The van der Waals surface area contributed by atoms with Gasteiger partial charge in [-0.05, 0) is 48.4 Å². The van der Waals surface area contributed by atoms with E-state index in [2.05, 4.69) is 11.9 Å². The minimum atomic E-state index is -3.84. The lowest BCUT2D eigenvalue weighted by Crippen LogP contribution is -2.41. The zero-order valence-electron chi connectivity index (χ0n) is 16.6. The van der Waals surface area contributed by atoms with Crippen LogP contribution in [0.4, 0.5) is 0 Å². The molecule has 0 fully saturated rings. The first-order chi connectivity index (χ1) is 13.9. The molecule has 1 amide bonds. The van der Waals surface area contributed by atoms with Gasteiger partial charge in [-0.2, -0.15) is 4.31 Å². The van der Waals surface area contributed by atoms with Crippen LogP contribution in [-0.4, -0.2) is 52.5 Å². The number of rotatable bonds is 11. The average molecular weight is 419 g/mol. The maximum atomic E-state index is 12.9.